The second kappa shape index (κ2) is 4.94. The number of nitrogens with one attached hydrogen (secondary N) is 1. The van der Waals surface area contributed by atoms with E-state index in [2.05, 4.69) is 15.1 Å². The molecule has 17 heavy (non-hydrogen) atoms. The zero-order chi connectivity index (χ0) is 11.7. The fraction of sp³-hybridized carbons (Fsp3) is 0.923. The number of rotatable bonds is 2. The lowest BCUT2D eigenvalue weighted by atomic mass is 9.96. The zero-order valence-electron chi connectivity index (χ0n) is 10.5. The third-order valence-electron chi connectivity index (χ3n) is 4.52. The van der Waals surface area contributed by atoms with Gasteiger partial charge in [-0.1, -0.05) is 6.42 Å². The van der Waals surface area contributed by atoms with Crippen LogP contribution in [0.3, 0.4) is 0 Å². The molecule has 3 aliphatic rings. The molecule has 0 aromatic carbocycles. The molecule has 1 amide bonds. The molecule has 0 aromatic rings. The van der Waals surface area contributed by atoms with E-state index < -0.39 is 0 Å². The van der Waals surface area contributed by atoms with Gasteiger partial charge in [-0.25, -0.2) is 0 Å². The lowest BCUT2D eigenvalue weighted by molar-refractivity contribution is -0.136. The molecule has 0 spiro atoms. The minimum absolute atomic E-state index is 0.390. The maximum absolute atomic E-state index is 12.2. The second-order valence-corrected chi connectivity index (χ2v) is 5.75. The third-order valence-corrected chi connectivity index (χ3v) is 4.52. The average molecular weight is 237 g/mol. The summed E-state index contributed by atoms with van der Waals surface area (Å²) in [7, 11) is 0. The highest BCUT2D eigenvalue weighted by Crippen LogP contribution is 2.22. The van der Waals surface area contributed by atoms with Gasteiger partial charge in [-0.15, -0.1) is 0 Å². The fourth-order valence-electron chi connectivity index (χ4n) is 3.25. The Bertz CT molecular complexity index is 290. The van der Waals surface area contributed by atoms with Crippen molar-refractivity contribution in [3.05, 3.63) is 0 Å². The van der Waals surface area contributed by atoms with Gasteiger partial charge in [0.15, 0.2) is 0 Å². The van der Waals surface area contributed by atoms with Crippen molar-refractivity contribution in [2.45, 2.75) is 31.7 Å². The summed E-state index contributed by atoms with van der Waals surface area (Å²) in [5.41, 5.74) is 0. The Kier molecular flexibility index (Phi) is 3.34. The van der Waals surface area contributed by atoms with Gasteiger partial charge in [0.25, 0.3) is 0 Å². The van der Waals surface area contributed by atoms with Gasteiger partial charge in [0.2, 0.25) is 5.91 Å². The minimum Gasteiger partial charge on any atom is -0.340 e. The molecule has 3 fully saturated rings. The molecule has 3 rings (SSSR count). The summed E-state index contributed by atoms with van der Waals surface area (Å²) in [6.07, 6.45) is 4.74. The van der Waals surface area contributed by atoms with Crippen LogP contribution in [0.25, 0.3) is 0 Å². The first-order valence-corrected chi connectivity index (χ1v) is 7.05. The van der Waals surface area contributed by atoms with Crippen molar-refractivity contribution in [3.8, 4) is 0 Å². The molecule has 0 aliphatic carbocycles. The predicted octanol–water partition coefficient (Wildman–Crippen LogP) is 0.293. The smallest absolute Gasteiger partial charge is 0.223 e. The van der Waals surface area contributed by atoms with Crippen LogP contribution in [0.4, 0.5) is 0 Å². The lowest BCUT2D eigenvalue weighted by Crippen LogP contribution is -2.57. The number of fused-ring (bicyclic) bond motifs is 1. The number of piperazine rings is 1. The van der Waals surface area contributed by atoms with Crippen LogP contribution in [0.2, 0.25) is 0 Å². The van der Waals surface area contributed by atoms with Crippen LogP contribution in [0.15, 0.2) is 0 Å². The van der Waals surface area contributed by atoms with Crippen molar-refractivity contribution in [1.82, 2.24) is 15.1 Å². The summed E-state index contributed by atoms with van der Waals surface area (Å²) in [5, 5.41) is 3.24. The maximum Gasteiger partial charge on any atom is 0.223 e. The molecule has 3 aliphatic heterocycles. The van der Waals surface area contributed by atoms with Crippen molar-refractivity contribution in [3.63, 3.8) is 0 Å². The van der Waals surface area contributed by atoms with Crippen molar-refractivity contribution >= 4 is 5.91 Å². The summed E-state index contributed by atoms with van der Waals surface area (Å²) in [5.74, 6) is 0.994. The van der Waals surface area contributed by atoms with Gasteiger partial charge < -0.3 is 10.2 Å². The number of piperidine rings is 1. The first kappa shape index (κ1) is 11.5. The van der Waals surface area contributed by atoms with Crippen LogP contribution >= 0.6 is 0 Å². The van der Waals surface area contributed by atoms with Crippen LogP contribution in [-0.4, -0.2) is 61.0 Å². The SMILES string of the molecule is O=C(CC1CNC1)N1CCN2CCCCC2C1. The standard InChI is InChI=1S/C13H23N3O/c17-13(7-11-8-14-9-11)16-6-5-15-4-2-1-3-12(15)10-16/h11-12,14H,1-10H2. The van der Waals surface area contributed by atoms with Crippen LogP contribution in [-0.2, 0) is 4.79 Å². The van der Waals surface area contributed by atoms with E-state index in [1.54, 1.807) is 0 Å². The van der Waals surface area contributed by atoms with Crippen molar-refractivity contribution in [2.75, 3.05) is 39.3 Å². The predicted molar refractivity (Wildman–Crippen MR) is 66.8 cm³/mol. The van der Waals surface area contributed by atoms with E-state index >= 15 is 0 Å². The minimum atomic E-state index is 0.390. The van der Waals surface area contributed by atoms with Crippen LogP contribution in [0.5, 0.6) is 0 Å². The van der Waals surface area contributed by atoms with E-state index in [0.717, 1.165) is 39.1 Å². The van der Waals surface area contributed by atoms with Gasteiger partial charge in [-0.05, 0) is 38.4 Å². The van der Waals surface area contributed by atoms with Crippen LogP contribution in [0, 0.1) is 5.92 Å². The molecule has 4 nitrogen and oxygen atoms in total. The number of carbonyl (C=O) groups excluding carboxylic acids is 1. The Morgan fingerprint density at radius 3 is 2.82 bits per heavy atom. The highest BCUT2D eigenvalue weighted by atomic mass is 16.2. The highest BCUT2D eigenvalue weighted by molar-refractivity contribution is 5.76. The Labute approximate surface area is 103 Å². The summed E-state index contributed by atoms with van der Waals surface area (Å²) in [4.78, 5) is 16.9. The number of amides is 1. The molecule has 0 saturated carbocycles. The second-order valence-electron chi connectivity index (χ2n) is 5.75. The lowest BCUT2D eigenvalue weighted by Gasteiger charge is -2.44. The van der Waals surface area contributed by atoms with Crippen molar-refractivity contribution < 1.29 is 4.79 Å². The van der Waals surface area contributed by atoms with Crippen molar-refractivity contribution in [2.24, 2.45) is 5.92 Å². The van der Waals surface area contributed by atoms with E-state index in [1.165, 1.54) is 25.8 Å². The maximum atomic E-state index is 12.2. The first-order chi connectivity index (χ1) is 8.33. The van der Waals surface area contributed by atoms with Crippen LogP contribution < -0.4 is 5.32 Å². The number of hydrogen-bond donors (Lipinski definition) is 1. The Balaban J connectivity index is 1.52. The van der Waals surface area contributed by atoms with Gasteiger partial charge in [0, 0.05) is 32.1 Å². The zero-order valence-corrected chi connectivity index (χ0v) is 10.5. The molecule has 0 aromatic heterocycles. The molecule has 0 radical (unpaired) electrons. The molecule has 1 unspecified atom stereocenters. The quantitative estimate of drug-likeness (QED) is 0.750. The molecule has 0 bridgehead atoms. The molecule has 3 saturated heterocycles. The Morgan fingerprint density at radius 2 is 2.06 bits per heavy atom. The van der Waals surface area contributed by atoms with E-state index in [0.29, 0.717) is 17.9 Å². The first-order valence-electron chi connectivity index (χ1n) is 7.05. The molecular weight excluding hydrogens is 214 g/mol. The monoisotopic (exact) mass is 237 g/mol. The topological polar surface area (TPSA) is 35.6 Å². The Hall–Kier alpha value is -0.610. The number of nitrogens with zero attached hydrogens (tertiary/aromatic N) is 2. The molecule has 3 heterocycles. The highest BCUT2D eigenvalue weighted by Gasteiger charge is 2.32. The summed E-state index contributed by atoms with van der Waals surface area (Å²) < 4.78 is 0. The van der Waals surface area contributed by atoms with Gasteiger partial charge in [-0.2, -0.15) is 0 Å². The van der Waals surface area contributed by atoms with Gasteiger partial charge >= 0.3 is 0 Å². The van der Waals surface area contributed by atoms with E-state index in [1.807, 2.05) is 0 Å². The average Bonchev–Trinajstić information content (AvgIpc) is 2.33. The largest absolute Gasteiger partial charge is 0.340 e. The number of hydrogen-bond acceptors (Lipinski definition) is 3. The summed E-state index contributed by atoms with van der Waals surface area (Å²) >= 11 is 0. The third kappa shape index (κ3) is 2.47. The number of carbonyl (C=O) groups is 1. The molecule has 1 N–H and O–H groups in total. The fourth-order valence-corrected chi connectivity index (χ4v) is 3.25. The normalized spacial score (nSPS) is 30.8. The molecule has 4 heteroatoms. The van der Waals surface area contributed by atoms with E-state index in [4.69, 9.17) is 0 Å². The molecular formula is C13H23N3O. The molecule has 1 atom stereocenters. The Morgan fingerprint density at radius 1 is 1.18 bits per heavy atom. The van der Waals surface area contributed by atoms with E-state index in [-0.39, 0.29) is 0 Å². The van der Waals surface area contributed by atoms with Crippen molar-refractivity contribution in [1.29, 1.82) is 0 Å². The van der Waals surface area contributed by atoms with Gasteiger partial charge in [0.05, 0.1) is 0 Å². The van der Waals surface area contributed by atoms with Gasteiger partial charge in [0.1, 0.15) is 0 Å². The molecule has 96 valence electrons. The van der Waals surface area contributed by atoms with E-state index in [9.17, 15) is 4.79 Å². The summed E-state index contributed by atoms with van der Waals surface area (Å²) in [6.45, 7) is 6.36. The summed E-state index contributed by atoms with van der Waals surface area (Å²) in [6, 6.07) is 0.654. The van der Waals surface area contributed by atoms with Gasteiger partial charge in [-0.3, -0.25) is 9.69 Å². The van der Waals surface area contributed by atoms with Crippen LogP contribution in [0.1, 0.15) is 25.7 Å².